The van der Waals surface area contributed by atoms with Crippen molar-refractivity contribution < 1.29 is 19.1 Å². The molecule has 6 heteroatoms. The standard InChI is InChI=1S/C22H24N2O4/c1-27-18-10-9-16(14-19(18)28-2)23-20(25)22(11-12-22)21(26)24-13-5-7-15-6-3-4-8-17(15)24/h3-4,6,8-10,14H,5,7,11-13H2,1-2H3,(H,23,25). The minimum absolute atomic E-state index is 0.0994. The summed E-state index contributed by atoms with van der Waals surface area (Å²) in [6, 6.07) is 13.1. The summed E-state index contributed by atoms with van der Waals surface area (Å²) >= 11 is 0. The van der Waals surface area contributed by atoms with E-state index in [4.69, 9.17) is 9.47 Å². The molecular weight excluding hydrogens is 356 g/mol. The quantitative estimate of drug-likeness (QED) is 0.808. The number of hydrogen-bond donors (Lipinski definition) is 1. The van der Waals surface area contributed by atoms with Crippen LogP contribution in [0.1, 0.15) is 24.8 Å². The molecule has 1 saturated carbocycles. The number of methoxy groups -OCH3 is 2. The fourth-order valence-electron chi connectivity index (χ4n) is 3.83. The van der Waals surface area contributed by atoms with Crippen molar-refractivity contribution in [2.45, 2.75) is 25.7 Å². The van der Waals surface area contributed by atoms with E-state index in [9.17, 15) is 9.59 Å². The molecule has 0 bridgehead atoms. The van der Waals surface area contributed by atoms with Gasteiger partial charge >= 0.3 is 0 Å². The summed E-state index contributed by atoms with van der Waals surface area (Å²) in [5, 5.41) is 2.89. The van der Waals surface area contributed by atoms with Gasteiger partial charge in [-0.25, -0.2) is 0 Å². The number of aryl methyl sites for hydroxylation is 1. The summed E-state index contributed by atoms with van der Waals surface area (Å²) in [4.78, 5) is 28.1. The van der Waals surface area contributed by atoms with E-state index in [1.165, 1.54) is 0 Å². The summed E-state index contributed by atoms with van der Waals surface area (Å²) < 4.78 is 10.5. The lowest BCUT2D eigenvalue weighted by molar-refractivity contribution is -0.132. The molecule has 6 nitrogen and oxygen atoms in total. The summed E-state index contributed by atoms with van der Waals surface area (Å²) in [5.74, 6) is 0.759. The number of amides is 2. The predicted octanol–water partition coefficient (Wildman–Crippen LogP) is 3.40. The van der Waals surface area contributed by atoms with Gasteiger partial charge in [-0.2, -0.15) is 0 Å². The maximum absolute atomic E-state index is 13.3. The minimum atomic E-state index is -0.975. The Morgan fingerprint density at radius 3 is 2.50 bits per heavy atom. The highest BCUT2D eigenvalue weighted by molar-refractivity contribution is 6.18. The molecule has 1 heterocycles. The van der Waals surface area contributed by atoms with Crippen molar-refractivity contribution in [1.29, 1.82) is 0 Å². The van der Waals surface area contributed by atoms with Gasteiger partial charge in [0.25, 0.3) is 0 Å². The largest absolute Gasteiger partial charge is 0.493 e. The Morgan fingerprint density at radius 1 is 1.04 bits per heavy atom. The van der Waals surface area contributed by atoms with Crippen molar-refractivity contribution in [1.82, 2.24) is 0 Å². The first kappa shape index (κ1) is 18.3. The van der Waals surface area contributed by atoms with Crippen LogP contribution in [0.5, 0.6) is 11.5 Å². The van der Waals surface area contributed by atoms with Crippen LogP contribution in [0.4, 0.5) is 11.4 Å². The lowest BCUT2D eigenvalue weighted by Crippen LogP contribution is -2.45. The number of para-hydroxylation sites is 1. The van der Waals surface area contributed by atoms with E-state index in [0.717, 1.165) is 24.1 Å². The molecule has 4 rings (SSSR count). The third-order valence-electron chi connectivity index (χ3n) is 5.59. The molecule has 2 aromatic carbocycles. The fourth-order valence-corrected chi connectivity index (χ4v) is 3.83. The van der Waals surface area contributed by atoms with Gasteiger partial charge < -0.3 is 19.7 Å². The van der Waals surface area contributed by atoms with Gasteiger partial charge in [0.05, 0.1) is 14.2 Å². The molecule has 1 N–H and O–H groups in total. The van der Waals surface area contributed by atoms with E-state index >= 15 is 0 Å². The van der Waals surface area contributed by atoms with E-state index in [1.54, 1.807) is 37.3 Å². The SMILES string of the molecule is COc1ccc(NC(=O)C2(C(=O)N3CCCc4ccccc43)CC2)cc1OC. The topological polar surface area (TPSA) is 67.9 Å². The van der Waals surface area contributed by atoms with Crippen LogP contribution in [0.25, 0.3) is 0 Å². The number of carbonyl (C=O) groups is 2. The van der Waals surface area contributed by atoms with Gasteiger partial charge in [0.15, 0.2) is 11.5 Å². The smallest absolute Gasteiger partial charge is 0.242 e. The Hall–Kier alpha value is -3.02. The number of fused-ring (bicyclic) bond motifs is 1. The zero-order chi connectivity index (χ0) is 19.7. The van der Waals surface area contributed by atoms with Crippen LogP contribution in [0.3, 0.4) is 0 Å². The molecule has 0 unspecified atom stereocenters. The fraction of sp³-hybridized carbons (Fsp3) is 0.364. The molecule has 0 saturated heterocycles. The number of nitrogens with zero attached hydrogens (tertiary/aromatic N) is 1. The maximum atomic E-state index is 13.3. The molecule has 1 aliphatic carbocycles. The molecule has 0 atom stereocenters. The molecule has 0 aromatic heterocycles. The third kappa shape index (κ3) is 3.09. The van der Waals surface area contributed by atoms with E-state index in [-0.39, 0.29) is 11.8 Å². The van der Waals surface area contributed by atoms with Crippen LogP contribution in [0.15, 0.2) is 42.5 Å². The molecule has 0 radical (unpaired) electrons. The van der Waals surface area contributed by atoms with Crippen LogP contribution in [0.2, 0.25) is 0 Å². The molecule has 1 fully saturated rings. The predicted molar refractivity (Wildman–Crippen MR) is 107 cm³/mol. The Kier molecular flexibility index (Phi) is 4.71. The van der Waals surface area contributed by atoms with Crippen molar-refractivity contribution in [2.75, 3.05) is 31.0 Å². The molecular formula is C22H24N2O4. The monoisotopic (exact) mass is 380 g/mol. The van der Waals surface area contributed by atoms with Gasteiger partial charge in [-0.15, -0.1) is 0 Å². The normalized spacial score (nSPS) is 16.7. The lowest BCUT2D eigenvalue weighted by Gasteiger charge is -2.32. The Morgan fingerprint density at radius 2 is 1.79 bits per heavy atom. The molecule has 2 amide bonds. The second-order valence-electron chi connectivity index (χ2n) is 7.30. The Bertz CT molecular complexity index is 921. The van der Waals surface area contributed by atoms with E-state index in [1.807, 2.05) is 18.2 Å². The van der Waals surface area contributed by atoms with Crippen molar-refractivity contribution in [3.8, 4) is 11.5 Å². The van der Waals surface area contributed by atoms with Gasteiger partial charge in [-0.1, -0.05) is 18.2 Å². The highest BCUT2D eigenvalue weighted by Crippen LogP contribution is 2.49. The second kappa shape index (κ2) is 7.19. The van der Waals surface area contributed by atoms with Crippen LogP contribution < -0.4 is 19.7 Å². The molecule has 2 aromatic rings. The van der Waals surface area contributed by atoms with Crippen molar-refractivity contribution in [2.24, 2.45) is 5.41 Å². The summed E-state index contributed by atoms with van der Waals surface area (Å²) in [7, 11) is 3.10. The average molecular weight is 380 g/mol. The van der Waals surface area contributed by atoms with Crippen molar-refractivity contribution in [3.05, 3.63) is 48.0 Å². The number of nitrogens with one attached hydrogen (secondary N) is 1. The van der Waals surface area contributed by atoms with Crippen LogP contribution in [0, 0.1) is 5.41 Å². The van der Waals surface area contributed by atoms with E-state index in [0.29, 0.717) is 36.6 Å². The first-order chi connectivity index (χ1) is 13.6. The maximum Gasteiger partial charge on any atom is 0.242 e. The lowest BCUT2D eigenvalue weighted by atomic mass is 9.97. The summed E-state index contributed by atoms with van der Waals surface area (Å²) in [5.41, 5.74) is 1.71. The van der Waals surface area contributed by atoms with Crippen molar-refractivity contribution >= 4 is 23.2 Å². The Labute approximate surface area is 164 Å². The number of benzene rings is 2. The van der Waals surface area contributed by atoms with Crippen LogP contribution >= 0.6 is 0 Å². The van der Waals surface area contributed by atoms with Gasteiger partial charge in [0, 0.05) is 24.0 Å². The second-order valence-corrected chi connectivity index (χ2v) is 7.30. The van der Waals surface area contributed by atoms with Crippen molar-refractivity contribution in [3.63, 3.8) is 0 Å². The number of ether oxygens (including phenoxy) is 2. The van der Waals surface area contributed by atoms with Gasteiger partial charge in [-0.3, -0.25) is 9.59 Å². The van der Waals surface area contributed by atoms with Crippen LogP contribution in [-0.2, 0) is 16.0 Å². The average Bonchev–Trinajstić information content (AvgIpc) is 3.55. The molecule has 146 valence electrons. The highest BCUT2D eigenvalue weighted by atomic mass is 16.5. The molecule has 0 spiro atoms. The van der Waals surface area contributed by atoms with Gasteiger partial charge in [-0.05, 0) is 49.4 Å². The Balaban J connectivity index is 1.55. The first-order valence-electron chi connectivity index (χ1n) is 9.52. The summed E-state index contributed by atoms with van der Waals surface area (Å²) in [6.45, 7) is 0.654. The zero-order valence-corrected chi connectivity index (χ0v) is 16.2. The molecule has 2 aliphatic rings. The zero-order valence-electron chi connectivity index (χ0n) is 16.2. The third-order valence-corrected chi connectivity index (χ3v) is 5.59. The van der Waals surface area contributed by atoms with Gasteiger partial charge in [0.2, 0.25) is 11.8 Å². The summed E-state index contributed by atoms with van der Waals surface area (Å²) in [6.07, 6.45) is 3.02. The minimum Gasteiger partial charge on any atom is -0.493 e. The number of hydrogen-bond acceptors (Lipinski definition) is 4. The van der Waals surface area contributed by atoms with E-state index < -0.39 is 5.41 Å². The number of rotatable bonds is 5. The number of carbonyl (C=O) groups excluding carboxylic acids is 2. The first-order valence-corrected chi connectivity index (χ1v) is 9.52. The van der Waals surface area contributed by atoms with Gasteiger partial charge in [0.1, 0.15) is 5.41 Å². The van der Waals surface area contributed by atoms with Crippen LogP contribution in [-0.4, -0.2) is 32.6 Å². The highest BCUT2D eigenvalue weighted by Gasteiger charge is 2.58. The molecule has 1 aliphatic heterocycles. The van der Waals surface area contributed by atoms with E-state index in [2.05, 4.69) is 11.4 Å². The molecule has 28 heavy (non-hydrogen) atoms. The number of anilines is 2.